The summed E-state index contributed by atoms with van der Waals surface area (Å²) in [4.78, 5) is 0. The minimum absolute atomic E-state index is 0.242. The molecule has 1 aromatic carbocycles. The van der Waals surface area contributed by atoms with Gasteiger partial charge < -0.3 is 4.57 Å². The average molecular weight is 213 g/mol. The molecule has 1 heteroatoms. The minimum Gasteiger partial charge on any atom is -0.350 e. The molecule has 0 bridgehead atoms. The fourth-order valence-corrected chi connectivity index (χ4v) is 1.80. The van der Waals surface area contributed by atoms with Crippen LogP contribution in [-0.2, 0) is 12.0 Å². The van der Waals surface area contributed by atoms with E-state index in [1.54, 1.807) is 0 Å². The highest BCUT2D eigenvalue weighted by molar-refractivity contribution is 5.27. The van der Waals surface area contributed by atoms with Crippen molar-refractivity contribution in [3.8, 4) is 0 Å². The Hall–Kier alpha value is -1.50. The van der Waals surface area contributed by atoms with Crippen molar-refractivity contribution in [2.24, 2.45) is 0 Å². The zero-order chi connectivity index (χ0) is 11.6. The van der Waals surface area contributed by atoms with E-state index in [-0.39, 0.29) is 5.41 Å². The Labute approximate surface area is 97.7 Å². The summed E-state index contributed by atoms with van der Waals surface area (Å²) in [6.07, 6.45) is 4.19. The number of aromatic nitrogens is 1. The Balaban J connectivity index is 2.14. The third-order valence-corrected chi connectivity index (χ3v) is 2.85. The standard InChI is InChI=1S/C15H19N/c1-15(2,3)14-8-6-13(7-9-14)12-16-10-4-5-11-16/h4-11H,12H2,1-3H3. The highest BCUT2D eigenvalue weighted by atomic mass is 14.9. The van der Waals surface area contributed by atoms with E-state index >= 15 is 0 Å². The third-order valence-electron chi connectivity index (χ3n) is 2.85. The number of hydrogen-bond donors (Lipinski definition) is 0. The van der Waals surface area contributed by atoms with Crippen LogP contribution in [0.1, 0.15) is 31.9 Å². The Morgan fingerprint density at radius 1 is 0.938 bits per heavy atom. The van der Waals surface area contributed by atoms with Crippen molar-refractivity contribution in [1.29, 1.82) is 0 Å². The maximum absolute atomic E-state index is 2.24. The second kappa shape index (κ2) is 4.17. The monoisotopic (exact) mass is 213 g/mol. The molecule has 0 saturated carbocycles. The lowest BCUT2D eigenvalue weighted by Crippen LogP contribution is -2.10. The lowest BCUT2D eigenvalue weighted by atomic mass is 9.87. The molecule has 0 aliphatic rings. The number of hydrogen-bond acceptors (Lipinski definition) is 0. The summed E-state index contributed by atoms with van der Waals surface area (Å²) in [6.45, 7) is 7.69. The van der Waals surface area contributed by atoms with Crippen LogP contribution < -0.4 is 0 Å². The first-order valence-corrected chi connectivity index (χ1v) is 5.76. The van der Waals surface area contributed by atoms with Crippen molar-refractivity contribution in [2.75, 3.05) is 0 Å². The fraction of sp³-hybridized carbons (Fsp3) is 0.333. The fourth-order valence-electron chi connectivity index (χ4n) is 1.80. The molecule has 0 atom stereocenters. The zero-order valence-electron chi connectivity index (χ0n) is 10.3. The van der Waals surface area contributed by atoms with Crippen LogP contribution in [-0.4, -0.2) is 4.57 Å². The Morgan fingerprint density at radius 2 is 1.50 bits per heavy atom. The molecule has 0 N–H and O–H groups in total. The van der Waals surface area contributed by atoms with Crippen LogP contribution in [0.25, 0.3) is 0 Å². The maximum atomic E-state index is 2.24. The van der Waals surface area contributed by atoms with Gasteiger partial charge in [0.2, 0.25) is 0 Å². The van der Waals surface area contributed by atoms with Crippen LogP contribution in [0.15, 0.2) is 48.8 Å². The lowest BCUT2D eigenvalue weighted by molar-refractivity contribution is 0.590. The van der Waals surface area contributed by atoms with Gasteiger partial charge in [-0.2, -0.15) is 0 Å². The molecule has 0 spiro atoms. The van der Waals surface area contributed by atoms with Crippen LogP contribution in [0.2, 0.25) is 0 Å². The van der Waals surface area contributed by atoms with Gasteiger partial charge in [-0.05, 0) is 28.7 Å². The minimum atomic E-state index is 0.242. The lowest BCUT2D eigenvalue weighted by Gasteiger charge is -2.19. The molecule has 0 radical (unpaired) electrons. The molecule has 0 saturated heterocycles. The molecule has 0 unspecified atom stereocenters. The largest absolute Gasteiger partial charge is 0.350 e. The molecule has 84 valence electrons. The second-order valence-electron chi connectivity index (χ2n) is 5.30. The van der Waals surface area contributed by atoms with Gasteiger partial charge in [0.05, 0.1) is 0 Å². The van der Waals surface area contributed by atoms with Gasteiger partial charge in [-0.25, -0.2) is 0 Å². The van der Waals surface area contributed by atoms with Gasteiger partial charge in [0.1, 0.15) is 0 Å². The predicted molar refractivity (Wildman–Crippen MR) is 68.7 cm³/mol. The smallest absolute Gasteiger partial charge is 0.0470 e. The summed E-state index contributed by atoms with van der Waals surface area (Å²) >= 11 is 0. The molecule has 16 heavy (non-hydrogen) atoms. The van der Waals surface area contributed by atoms with Crippen molar-refractivity contribution < 1.29 is 0 Å². The molecule has 1 aromatic heterocycles. The molecular weight excluding hydrogens is 194 g/mol. The summed E-state index contributed by atoms with van der Waals surface area (Å²) in [5, 5.41) is 0. The van der Waals surface area contributed by atoms with Gasteiger partial charge in [0.25, 0.3) is 0 Å². The van der Waals surface area contributed by atoms with Crippen molar-refractivity contribution in [2.45, 2.75) is 32.7 Å². The highest BCUT2D eigenvalue weighted by Crippen LogP contribution is 2.22. The first kappa shape index (κ1) is 11.0. The second-order valence-corrected chi connectivity index (χ2v) is 5.30. The SMILES string of the molecule is CC(C)(C)c1ccc(Cn2cccc2)cc1. The number of benzene rings is 1. The Bertz CT molecular complexity index is 429. The van der Waals surface area contributed by atoms with Gasteiger partial charge in [-0.3, -0.25) is 0 Å². The van der Waals surface area contributed by atoms with E-state index in [1.165, 1.54) is 11.1 Å². The van der Waals surface area contributed by atoms with Crippen LogP contribution in [0.5, 0.6) is 0 Å². The molecule has 2 rings (SSSR count). The van der Waals surface area contributed by atoms with E-state index in [0.29, 0.717) is 0 Å². The predicted octanol–water partition coefficient (Wildman–Crippen LogP) is 3.83. The van der Waals surface area contributed by atoms with Crippen LogP contribution in [0, 0.1) is 0 Å². The summed E-state index contributed by atoms with van der Waals surface area (Å²) in [6, 6.07) is 13.0. The average Bonchev–Trinajstić information content (AvgIpc) is 2.70. The molecule has 0 amide bonds. The number of nitrogens with zero attached hydrogens (tertiary/aromatic N) is 1. The van der Waals surface area contributed by atoms with Crippen LogP contribution in [0.3, 0.4) is 0 Å². The Kier molecular flexibility index (Phi) is 2.86. The maximum Gasteiger partial charge on any atom is 0.0470 e. The first-order valence-electron chi connectivity index (χ1n) is 5.76. The van der Waals surface area contributed by atoms with Gasteiger partial charge in [-0.15, -0.1) is 0 Å². The van der Waals surface area contributed by atoms with Gasteiger partial charge in [0, 0.05) is 18.9 Å². The molecule has 2 aromatic rings. The van der Waals surface area contributed by atoms with Gasteiger partial charge in [0.15, 0.2) is 0 Å². The third kappa shape index (κ3) is 2.54. The topological polar surface area (TPSA) is 4.93 Å². The summed E-state index contributed by atoms with van der Waals surface area (Å²) < 4.78 is 2.19. The zero-order valence-corrected chi connectivity index (χ0v) is 10.3. The van der Waals surface area contributed by atoms with E-state index in [1.807, 2.05) is 0 Å². The van der Waals surface area contributed by atoms with Crippen LogP contribution in [0.4, 0.5) is 0 Å². The van der Waals surface area contributed by atoms with Crippen molar-refractivity contribution in [3.63, 3.8) is 0 Å². The van der Waals surface area contributed by atoms with E-state index in [0.717, 1.165) is 6.54 Å². The number of rotatable bonds is 2. The van der Waals surface area contributed by atoms with Crippen molar-refractivity contribution in [3.05, 3.63) is 59.9 Å². The Morgan fingerprint density at radius 3 is 2.00 bits per heavy atom. The molecular formula is C15H19N. The molecule has 1 nitrogen and oxygen atoms in total. The van der Waals surface area contributed by atoms with Crippen LogP contribution >= 0.6 is 0 Å². The van der Waals surface area contributed by atoms with E-state index < -0.39 is 0 Å². The highest BCUT2D eigenvalue weighted by Gasteiger charge is 2.12. The summed E-state index contributed by atoms with van der Waals surface area (Å²) in [7, 11) is 0. The van der Waals surface area contributed by atoms with Crippen molar-refractivity contribution >= 4 is 0 Å². The molecule has 1 heterocycles. The molecule has 0 aliphatic heterocycles. The van der Waals surface area contributed by atoms with Gasteiger partial charge >= 0.3 is 0 Å². The quantitative estimate of drug-likeness (QED) is 0.714. The van der Waals surface area contributed by atoms with Crippen molar-refractivity contribution in [1.82, 2.24) is 4.57 Å². The summed E-state index contributed by atoms with van der Waals surface area (Å²) in [5.41, 5.74) is 2.99. The first-order chi connectivity index (χ1) is 7.55. The van der Waals surface area contributed by atoms with E-state index in [4.69, 9.17) is 0 Å². The molecule has 0 fully saturated rings. The molecule has 0 aliphatic carbocycles. The van der Waals surface area contributed by atoms with E-state index in [9.17, 15) is 0 Å². The summed E-state index contributed by atoms with van der Waals surface area (Å²) in [5.74, 6) is 0. The van der Waals surface area contributed by atoms with Gasteiger partial charge in [-0.1, -0.05) is 45.0 Å². The normalized spacial score (nSPS) is 11.7. The van der Waals surface area contributed by atoms with E-state index in [2.05, 4.69) is 74.1 Å².